The maximum absolute atomic E-state index is 15.8. The van der Waals surface area contributed by atoms with E-state index in [1.54, 1.807) is 18.3 Å². The van der Waals surface area contributed by atoms with Crippen molar-refractivity contribution in [2.75, 3.05) is 11.9 Å². The molecule has 0 saturated carbocycles. The highest BCUT2D eigenvalue weighted by Gasteiger charge is 2.25. The van der Waals surface area contributed by atoms with Gasteiger partial charge in [-0.2, -0.15) is 0 Å². The second kappa shape index (κ2) is 6.79. The van der Waals surface area contributed by atoms with E-state index >= 15 is 4.39 Å². The molecule has 0 unspecified atom stereocenters. The number of nitrogens with one attached hydrogen (secondary N) is 2. The lowest BCUT2D eigenvalue weighted by molar-refractivity contribution is -0.118. The molecule has 10 heteroatoms. The molecule has 1 aliphatic rings. The number of fused-ring (bicyclic) bond motifs is 3. The summed E-state index contributed by atoms with van der Waals surface area (Å²) in [5.74, 6) is -3.07. The molecule has 1 aliphatic heterocycles. The van der Waals surface area contributed by atoms with Crippen LogP contribution < -0.4 is 10.1 Å². The molecule has 0 bridgehead atoms. The second-order valence-corrected chi connectivity index (χ2v) is 8.08. The number of amides is 1. The number of nitrogens with zero attached hydrogens (tertiary/aromatic N) is 2. The van der Waals surface area contributed by atoms with Gasteiger partial charge >= 0.3 is 0 Å². The van der Waals surface area contributed by atoms with Gasteiger partial charge in [-0.1, -0.05) is 10.6 Å². The van der Waals surface area contributed by atoms with Crippen LogP contribution in [0.2, 0.25) is 0 Å². The van der Waals surface area contributed by atoms with Crippen LogP contribution in [0.1, 0.15) is 0 Å². The van der Waals surface area contributed by atoms with E-state index in [1.807, 2.05) is 6.07 Å². The smallest absolute Gasteiger partial charge is 0.262 e. The summed E-state index contributed by atoms with van der Waals surface area (Å²) in [6.45, 7) is -0.258. The number of carbonyl (C=O) groups is 1. The van der Waals surface area contributed by atoms with Crippen molar-refractivity contribution in [2.45, 2.75) is 0 Å². The quantitative estimate of drug-likeness (QED) is 0.383. The van der Waals surface area contributed by atoms with E-state index in [0.29, 0.717) is 16.6 Å². The van der Waals surface area contributed by atoms with Gasteiger partial charge in [-0.25, -0.2) is 13.2 Å². The van der Waals surface area contributed by atoms with Crippen LogP contribution in [0.15, 0.2) is 42.6 Å². The average molecular weight is 452 g/mol. The van der Waals surface area contributed by atoms with Crippen molar-refractivity contribution in [2.24, 2.45) is 0 Å². The summed E-state index contributed by atoms with van der Waals surface area (Å²) in [6.07, 6.45) is 1.56. The minimum absolute atomic E-state index is 0.0975. The SMILES string of the molecule is O=C1COc2cc(F)c(-c3c(F)cc4[nH]cc(-c5ccc6snnc6c5)c4c3F)cc2N1. The Morgan fingerprint density at radius 3 is 2.78 bits per heavy atom. The Bertz CT molecular complexity index is 1580. The molecule has 3 heterocycles. The number of anilines is 1. The Hall–Kier alpha value is -3.92. The van der Waals surface area contributed by atoms with Gasteiger partial charge in [0.05, 0.1) is 21.5 Å². The summed E-state index contributed by atoms with van der Waals surface area (Å²) in [4.78, 5) is 14.5. The second-order valence-electron chi connectivity index (χ2n) is 7.29. The minimum atomic E-state index is -0.940. The van der Waals surface area contributed by atoms with Crippen LogP contribution in [-0.4, -0.2) is 27.1 Å². The van der Waals surface area contributed by atoms with Crippen LogP contribution in [0.3, 0.4) is 0 Å². The van der Waals surface area contributed by atoms with Gasteiger partial charge in [-0.15, -0.1) is 5.10 Å². The lowest BCUT2D eigenvalue weighted by Crippen LogP contribution is -2.25. The number of carbonyl (C=O) groups excluding carboxylic acids is 1. The van der Waals surface area contributed by atoms with Gasteiger partial charge < -0.3 is 15.0 Å². The molecular weight excluding hydrogens is 441 g/mol. The third-order valence-corrected chi connectivity index (χ3v) is 6.09. The van der Waals surface area contributed by atoms with E-state index in [-0.39, 0.29) is 34.5 Å². The molecule has 0 radical (unpaired) electrons. The first-order valence-corrected chi connectivity index (χ1v) is 10.2. The minimum Gasteiger partial charge on any atom is -0.481 e. The van der Waals surface area contributed by atoms with E-state index in [0.717, 1.165) is 16.8 Å². The Morgan fingerprint density at radius 1 is 1.03 bits per heavy atom. The monoisotopic (exact) mass is 452 g/mol. The normalized spacial score (nSPS) is 13.3. The Balaban J connectivity index is 1.58. The van der Waals surface area contributed by atoms with Crippen LogP contribution in [0.4, 0.5) is 18.9 Å². The number of hydrogen-bond donors (Lipinski definition) is 2. The van der Waals surface area contributed by atoms with Crippen LogP contribution in [0.25, 0.3) is 43.4 Å². The van der Waals surface area contributed by atoms with Crippen molar-refractivity contribution in [1.29, 1.82) is 0 Å². The van der Waals surface area contributed by atoms with Crippen molar-refractivity contribution in [3.63, 3.8) is 0 Å². The molecule has 32 heavy (non-hydrogen) atoms. The van der Waals surface area contributed by atoms with Gasteiger partial charge in [0.15, 0.2) is 6.61 Å². The highest BCUT2D eigenvalue weighted by molar-refractivity contribution is 7.12. The number of ether oxygens (including phenoxy) is 1. The van der Waals surface area contributed by atoms with E-state index < -0.39 is 28.9 Å². The third-order valence-electron chi connectivity index (χ3n) is 5.39. The predicted octanol–water partition coefficient (Wildman–Crippen LogP) is 5.25. The van der Waals surface area contributed by atoms with Crippen molar-refractivity contribution < 1.29 is 22.7 Å². The molecular formula is C22H11F3N4O2S. The Kier molecular flexibility index (Phi) is 3.99. The fourth-order valence-corrected chi connectivity index (χ4v) is 4.47. The standard InChI is InChI=1S/C22H11F3N4O2S/c23-12-6-17-14(27-19(30)8-31-17)4-10(12)20-13(24)5-16-21(22(20)25)11(7-26-16)9-1-2-18-15(3-9)28-29-32-18/h1-7,26H,8H2,(H,27,30). The average Bonchev–Trinajstić information content (AvgIpc) is 3.40. The van der Waals surface area contributed by atoms with Gasteiger partial charge in [0.2, 0.25) is 0 Å². The summed E-state index contributed by atoms with van der Waals surface area (Å²) in [6, 6.07) is 8.68. The van der Waals surface area contributed by atoms with Gasteiger partial charge in [0.25, 0.3) is 5.91 Å². The van der Waals surface area contributed by atoms with Crippen LogP contribution in [-0.2, 0) is 4.79 Å². The van der Waals surface area contributed by atoms with Crippen LogP contribution in [0, 0.1) is 17.5 Å². The fraction of sp³-hybridized carbons (Fsp3) is 0.0455. The predicted molar refractivity (Wildman–Crippen MR) is 114 cm³/mol. The van der Waals surface area contributed by atoms with Gasteiger partial charge in [-0.05, 0) is 41.4 Å². The fourth-order valence-electron chi connectivity index (χ4n) is 3.93. The van der Waals surface area contributed by atoms with E-state index in [4.69, 9.17) is 4.74 Å². The third kappa shape index (κ3) is 2.76. The highest BCUT2D eigenvalue weighted by Crippen LogP contribution is 2.41. The molecule has 2 N–H and O–H groups in total. The van der Waals surface area contributed by atoms with Crippen molar-refractivity contribution in [1.82, 2.24) is 14.6 Å². The summed E-state index contributed by atoms with van der Waals surface area (Å²) >= 11 is 1.24. The largest absolute Gasteiger partial charge is 0.481 e. The Labute approximate surface area is 181 Å². The van der Waals surface area contributed by atoms with E-state index in [2.05, 4.69) is 19.9 Å². The number of hydrogen-bond acceptors (Lipinski definition) is 5. The molecule has 0 spiro atoms. The zero-order chi connectivity index (χ0) is 22.0. The Morgan fingerprint density at radius 2 is 1.91 bits per heavy atom. The number of aromatic amines is 1. The van der Waals surface area contributed by atoms with Crippen molar-refractivity contribution in [3.05, 3.63) is 60.0 Å². The van der Waals surface area contributed by atoms with Crippen LogP contribution >= 0.6 is 11.5 Å². The van der Waals surface area contributed by atoms with E-state index in [1.165, 1.54) is 17.6 Å². The summed E-state index contributed by atoms with van der Waals surface area (Å²) < 4.78 is 55.5. The first-order chi connectivity index (χ1) is 15.5. The maximum atomic E-state index is 15.8. The van der Waals surface area contributed by atoms with E-state index in [9.17, 15) is 13.6 Å². The van der Waals surface area contributed by atoms with Crippen LogP contribution in [0.5, 0.6) is 5.75 Å². The zero-order valence-electron chi connectivity index (χ0n) is 16.0. The number of rotatable bonds is 2. The number of aromatic nitrogens is 3. The molecule has 6 rings (SSSR count). The summed E-state index contributed by atoms with van der Waals surface area (Å²) in [7, 11) is 0. The van der Waals surface area contributed by atoms with Gasteiger partial charge in [0, 0.05) is 28.8 Å². The summed E-state index contributed by atoms with van der Waals surface area (Å²) in [5, 5.41) is 6.68. The molecule has 2 aromatic heterocycles. The lowest BCUT2D eigenvalue weighted by atomic mass is 9.97. The number of halogens is 3. The lowest BCUT2D eigenvalue weighted by Gasteiger charge is -2.19. The molecule has 6 nitrogen and oxygen atoms in total. The van der Waals surface area contributed by atoms with Crippen molar-refractivity contribution in [3.8, 4) is 28.0 Å². The zero-order valence-corrected chi connectivity index (χ0v) is 16.8. The number of benzene rings is 3. The van der Waals surface area contributed by atoms with Gasteiger partial charge in [-0.3, -0.25) is 4.79 Å². The molecule has 5 aromatic rings. The molecule has 3 aromatic carbocycles. The summed E-state index contributed by atoms with van der Waals surface area (Å²) in [5.41, 5.74) is 1.30. The molecule has 158 valence electrons. The molecule has 0 atom stereocenters. The topological polar surface area (TPSA) is 79.9 Å². The van der Waals surface area contributed by atoms with Crippen molar-refractivity contribution >= 4 is 44.2 Å². The molecule has 0 saturated heterocycles. The highest BCUT2D eigenvalue weighted by atomic mass is 32.1. The number of H-pyrrole nitrogens is 1. The first-order valence-electron chi connectivity index (χ1n) is 9.48. The van der Waals surface area contributed by atoms with Gasteiger partial charge in [0.1, 0.15) is 28.7 Å². The molecule has 1 amide bonds. The maximum Gasteiger partial charge on any atom is 0.262 e. The molecule has 0 fully saturated rings. The molecule has 0 aliphatic carbocycles. The first kappa shape index (κ1) is 18.8.